The Morgan fingerprint density at radius 3 is 2.47 bits per heavy atom. The van der Waals surface area contributed by atoms with Crippen LogP contribution in [0.3, 0.4) is 0 Å². The van der Waals surface area contributed by atoms with Crippen LogP contribution in [0.15, 0.2) is 24.3 Å². The second kappa shape index (κ2) is 4.44. The molecule has 0 aliphatic carbocycles. The van der Waals surface area contributed by atoms with Gasteiger partial charge in [-0.3, -0.25) is 4.98 Å². The Kier molecular flexibility index (Phi) is 3.30. The zero-order valence-corrected chi connectivity index (χ0v) is 12.8. The molecule has 2 rings (SSSR count). The van der Waals surface area contributed by atoms with Crippen LogP contribution in [0, 0.1) is 3.57 Å². The highest BCUT2D eigenvalue weighted by Gasteiger charge is 2.17. The van der Waals surface area contributed by atoms with Crippen molar-refractivity contribution < 1.29 is 0 Å². The van der Waals surface area contributed by atoms with Crippen molar-refractivity contribution in [2.75, 3.05) is 12.4 Å². The smallest absolute Gasteiger partial charge is 0.0727 e. The molecule has 90 valence electrons. The monoisotopic (exact) mass is 340 g/mol. The number of fused-ring (bicyclic) bond motifs is 1. The minimum atomic E-state index is 0.0722. The molecule has 2 nitrogen and oxygen atoms in total. The molecule has 0 fully saturated rings. The van der Waals surface area contributed by atoms with E-state index in [0.29, 0.717) is 0 Å². The van der Waals surface area contributed by atoms with E-state index in [1.807, 2.05) is 7.05 Å². The van der Waals surface area contributed by atoms with Crippen LogP contribution in [-0.2, 0) is 5.41 Å². The third kappa shape index (κ3) is 2.54. The maximum atomic E-state index is 4.75. The molecule has 0 saturated heterocycles. The van der Waals surface area contributed by atoms with Crippen LogP contribution < -0.4 is 5.32 Å². The van der Waals surface area contributed by atoms with Gasteiger partial charge in [0.05, 0.1) is 5.52 Å². The number of nitrogens with zero attached hydrogens (tertiary/aromatic N) is 1. The molecule has 0 radical (unpaired) electrons. The first-order chi connectivity index (χ1) is 7.91. The van der Waals surface area contributed by atoms with Crippen molar-refractivity contribution in [3.05, 3.63) is 33.5 Å². The topological polar surface area (TPSA) is 24.9 Å². The molecule has 2 aromatic rings. The Morgan fingerprint density at radius 1 is 1.18 bits per heavy atom. The lowest BCUT2D eigenvalue weighted by Gasteiger charge is -2.20. The highest BCUT2D eigenvalue weighted by Crippen LogP contribution is 2.29. The molecule has 0 spiro atoms. The Hall–Kier alpha value is -0.840. The number of nitrogens with one attached hydrogen (secondary N) is 1. The fourth-order valence-corrected chi connectivity index (χ4v) is 2.28. The Labute approximate surface area is 116 Å². The standard InChI is InChI=1S/C14H17IN2/c1-14(2,3)13-8-12(16-4)10-7-9(15)5-6-11(10)17-13/h5-8H,1-4H3,(H,16,17). The zero-order valence-electron chi connectivity index (χ0n) is 10.6. The van der Waals surface area contributed by atoms with Crippen molar-refractivity contribution in [2.45, 2.75) is 26.2 Å². The summed E-state index contributed by atoms with van der Waals surface area (Å²) in [4.78, 5) is 4.75. The first-order valence-corrected chi connectivity index (χ1v) is 6.78. The molecule has 0 aliphatic heterocycles. The van der Waals surface area contributed by atoms with Gasteiger partial charge < -0.3 is 5.32 Å². The molecule has 0 unspecified atom stereocenters. The molecule has 0 amide bonds. The van der Waals surface area contributed by atoms with E-state index in [9.17, 15) is 0 Å². The molecule has 0 saturated carbocycles. The van der Waals surface area contributed by atoms with E-state index < -0.39 is 0 Å². The van der Waals surface area contributed by atoms with Gasteiger partial charge in [-0.2, -0.15) is 0 Å². The van der Waals surface area contributed by atoms with Gasteiger partial charge in [-0.15, -0.1) is 0 Å². The minimum Gasteiger partial charge on any atom is -0.388 e. The number of anilines is 1. The van der Waals surface area contributed by atoms with Crippen LogP contribution in [-0.4, -0.2) is 12.0 Å². The lowest BCUT2D eigenvalue weighted by atomic mass is 9.91. The van der Waals surface area contributed by atoms with E-state index in [2.05, 4.69) is 72.9 Å². The molecule has 0 aliphatic rings. The number of hydrogen-bond donors (Lipinski definition) is 1. The lowest BCUT2D eigenvalue weighted by Crippen LogP contribution is -2.14. The summed E-state index contributed by atoms with van der Waals surface area (Å²) in [5.41, 5.74) is 3.40. The van der Waals surface area contributed by atoms with E-state index in [1.165, 1.54) is 8.96 Å². The average Bonchev–Trinajstić information content (AvgIpc) is 2.26. The summed E-state index contributed by atoms with van der Waals surface area (Å²) in [5.74, 6) is 0. The summed E-state index contributed by atoms with van der Waals surface area (Å²) in [5, 5.41) is 4.45. The number of halogens is 1. The predicted molar refractivity (Wildman–Crippen MR) is 82.7 cm³/mol. The normalized spacial score (nSPS) is 11.8. The molecule has 1 heterocycles. The molecule has 1 aromatic carbocycles. The highest BCUT2D eigenvalue weighted by atomic mass is 127. The van der Waals surface area contributed by atoms with Gasteiger partial charge in [-0.25, -0.2) is 0 Å². The quantitative estimate of drug-likeness (QED) is 0.788. The SMILES string of the molecule is CNc1cc(C(C)(C)C)nc2ccc(I)cc12. The third-order valence-electron chi connectivity index (χ3n) is 2.81. The molecular weight excluding hydrogens is 323 g/mol. The maximum absolute atomic E-state index is 4.75. The van der Waals surface area contributed by atoms with E-state index >= 15 is 0 Å². The van der Waals surface area contributed by atoms with Gasteiger partial charge >= 0.3 is 0 Å². The Morgan fingerprint density at radius 2 is 1.88 bits per heavy atom. The molecule has 1 aromatic heterocycles. The van der Waals surface area contributed by atoms with Crippen molar-refractivity contribution in [2.24, 2.45) is 0 Å². The van der Waals surface area contributed by atoms with Gasteiger partial charge in [-0.1, -0.05) is 20.8 Å². The van der Waals surface area contributed by atoms with Crippen molar-refractivity contribution in [1.82, 2.24) is 4.98 Å². The minimum absolute atomic E-state index is 0.0722. The Balaban J connectivity index is 2.75. The third-order valence-corrected chi connectivity index (χ3v) is 3.48. The van der Waals surface area contributed by atoms with E-state index in [1.54, 1.807) is 0 Å². The van der Waals surface area contributed by atoms with Gasteiger partial charge in [0.2, 0.25) is 0 Å². The first-order valence-electron chi connectivity index (χ1n) is 5.70. The van der Waals surface area contributed by atoms with Crippen LogP contribution in [0.4, 0.5) is 5.69 Å². The van der Waals surface area contributed by atoms with Crippen molar-refractivity contribution >= 4 is 39.2 Å². The molecule has 17 heavy (non-hydrogen) atoms. The summed E-state index contributed by atoms with van der Waals surface area (Å²) in [6.07, 6.45) is 0. The van der Waals surface area contributed by atoms with E-state index in [4.69, 9.17) is 4.98 Å². The summed E-state index contributed by atoms with van der Waals surface area (Å²) < 4.78 is 1.23. The summed E-state index contributed by atoms with van der Waals surface area (Å²) >= 11 is 2.33. The fraction of sp³-hybridized carbons (Fsp3) is 0.357. The van der Waals surface area contributed by atoms with Gasteiger partial charge in [0.25, 0.3) is 0 Å². The van der Waals surface area contributed by atoms with Crippen LogP contribution in [0.2, 0.25) is 0 Å². The van der Waals surface area contributed by atoms with E-state index in [0.717, 1.165) is 16.9 Å². The first kappa shape index (κ1) is 12.6. The molecule has 0 atom stereocenters. The van der Waals surface area contributed by atoms with Crippen molar-refractivity contribution in [1.29, 1.82) is 0 Å². The van der Waals surface area contributed by atoms with Crippen LogP contribution >= 0.6 is 22.6 Å². The number of hydrogen-bond acceptors (Lipinski definition) is 2. The summed E-state index contributed by atoms with van der Waals surface area (Å²) in [7, 11) is 1.96. The van der Waals surface area contributed by atoms with Gasteiger partial charge in [0, 0.05) is 32.8 Å². The molecule has 1 N–H and O–H groups in total. The zero-order chi connectivity index (χ0) is 12.6. The van der Waals surface area contributed by atoms with Crippen LogP contribution in [0.1, 0.15) is 26.5 Å². The average molecular weight is 340 g/mol. The summed E-state index contributed by atoms with van der Waals surface area (Å²) in [6, 6.07) is 8.51. The molecule has 0 bridgehead atoms. The maximum Gasteiger partial charge on any atom is 0.0727 e. The lowest BCUT2D eigenvalue weighted by molar-refractivity contribution is 0.572. The van der Waals surface area contributed by atoms with Gasteiger partial charge in [0.15, 0.2) is 0 Å². The van der Waals surface area contributed by atoms with Crippen LogP contribution in [0.5, 0.6) is 0 Å². The van der Waals surface area contributed by atoms with Crippen molar-refractivity contribution in [3.8, 4) is 0 Å². The number of aromatic nitrogens is 1. The fourth-order valence-electron chi connectivity index (χ4n) is 1.79. The number of pyridine rings is 1. The predicted octanol–water partition coefficient (Wildman–Crippen LogP) is 4.18. The van der Waals surface area contributed by atoms with E-state index in [-0.39, 0.29) is 5.41 Å². The van der Waals surface area contributed by atoms with Gasteiger partial charge in [0.1, 0.15) is 0 Å². The van der Waals surface area contributed by atoms with Gasteiger partial charge in [-0.05, 0) is 46.9 Å². The molecule has 3 heteroatoms. The largest absolute Gasteiger partial charge is 0.388 e. The molecular formula is C14H17IN2. The second-order valence-electron chi connectivity index (χ2n) is 5.22. The number of benzene rings is 1. The van der Waals surface area contributed by atoms with Crippen molar-refractivity contribution in [3.63, 3.8) is 0 Å². The van der Waals surface area contributed by atoms with Crippen LogP contribution in [0.25, 0.3) is 10.9 Å². The Bertz CT molecular complexity index is 556. The second-order valence-corrected chi connectivity index (χ2v) is 6.46. The number of rotatable bonds is 1. The highest BCUT2D eigenvalue weighted by molar-refractivity contribution is 14.1. The summed E-state index contributed by atoms with van der Waals surface area (Å²) in [6.45, 7) is 6.56.